The van der Waals surface area contributed by atoms with Crippen LogP contribution in [0.25, 0.3) is 0 Å². The lowest BCUT2D eigenvalue weighted by molar-refractivity contribution is -0.147. The van der Waals surface area contributed by atoms with E-state index in [1.54, 1.807) is 42.5 Å². The molecule has 0 heterocycles. The minimum Gasteiger partial charge on any atom is -0.465 e. The summed E-state index contributed by atoms with van der Waals surface area (Å²) in [6.45, 7) is 1.50. The van der Waals surface area contributed by atoms with Crippen molar-refractivity contribution in [2.75, 3.05) is 12.4 Å². The third-order valence-electron chi connectivity index (χ3n) is 3.88. The Hall–Kier alpha value is -3.48. The van der Waals surface area contributed by atoms with Gasteiger partial charge in [0.05, 0.1) is 19.1 Å². The van der Waals surface area contributed by atoms with E-state index in [-0.39, 0.29) is 24.5 Å². The van der Waals surface area contributed by atoms with Gasteiger partial charge in [-0.1, -0.05) is 30.3 Å². The van der Waals surface area contributed by atoms with Gasteiger partial charge >= 0.3 is 11.9 Å². The van der Waals surface area contributed by atoms with Crippen molar-refractivity contribution in [3.05, 3.63) is 65.7 Å². The molecule has 2 aromatic carbocycles. The fourth-order valence-corrected chi connectivity index (χ4v) is 2.39. The van der Waals surface area contributed by atoms with Gasteiger partial charge in [0.25, 0.3) is 0 Å². The molecule has 0 bridgehead atoms. The molecule has 0 radical (unpaired) electrons. The fourth-order valence-electron chi connectivity index (χ4n) is 2.39. The maximum atomic E-state index is 12.2. The highest BCUT2D eigenvalue weighted by Gasteiger charge is 2.19. The number of methoxy groups -OCH3 is 1. The van der Waals surface area contributed by atoms with E-state index in [2.05, 4.69) is 10.1 Å². The second-order valence-corrected chi connectivity index (χ2v) is 5.98. The number of rotatable bonds is 8. The van der Waals surface area contributed by atoms with Crippen molar-refractivity contribution in [3.8, 4) is 0 Å². The van der Waals surface area contributed by atoms with Crippen LogP contribution >= 0.6 is 0 Å². The van der Waals surface area contributed by atoms with E-state index in [0.717, 1.165) is 0 Å². The van der Waals surface area contributed by atoms with Gasteiger partial charge in [0.15, 0.2) is 6.10 Å². The molecule has 0 saturated heterocycles. The predicted molar refractivity (Wildman–Crippen MR) is 102 cm³/mol. The average molecular weight is 383 g/mol. The zero-order valence-electron chi connectivity index (χ0n) is 15.6. The monoisotopic (exact) mass is 383 g/mol. The van der Waals surface area contributed by atoms with Crippen molar-refractivity contribution in [2.45, 2.75) is 25.9 Å². The van der Waals surface area contributed by atoms with E-state index in [9.17, 15) is 19.2 Å². The first-order valence-corrected chi connectivity index (χ1v) is 8.67. The molecule has 7 nitrogen and oxygen atoms in total. The number of Topliss-reactive ketones (excluding diaryl/α,β-unsaturated/α-hetero) is 1. The molecule has 0 aromatic heterocycles. The van der Waals surface area contributed by atoms with Crippen molar-refractivity contribution in [2.24, 2.45) is 0 Å². The number of benzene rings is 2. The topological polar surface area (TPSA) is 98.8 Å². The zero-order chi connectivity index (χ0) is 20.5. The molecule has 1 unspecified atom stereocenters. The molecule has 0 aliphatic rings. The Morgan fingerprint density at radius 3 is 2.14 bits per heavy atom. The lowest BCUT2D eigenvalue weighted by atomic mass is 10.1. The first-order valence-electron chi connectivity index (χ1n) is 8.67. The second-order valence-electron chi connectivity index (χ2n) is 5.98. The van der Waals surface area contributed by atoms with E-state index in [1.165, 1.54) is 26.2 Å². The number of carbonyl (C=O) groups excluding carboxylic acids is 4. The average Bonchev–Trinajstić information content (AvgIpc) is 2.72. The van der Waals surface area contributed by atoms with Crippen molar-refractivity contribution < 1.29 is 28.7 Å². The Morgan fingerprint density at radius 2 is 1.54 bits per heavy atom. The third-order valence-corrected chi connectivity index (χ3v) is 3.88. The Morgan fingerprint density at radius 1 is 0.893 bits per heavy atom. The first kappa shape index (κ1) is 20.8. The highest BCUT2D eigenvalue weighted by atomic mass is 16.5. The molecule has 146 valence electrons. The predicted octanol–water partition coefficient (Wildman–Crippen LogP) is 3.01. The molecule has 0 aliphatic carbocycles. The summed E-state index contributed by atoms with van der Waals surface area (Å²) in [5.41, 5.74) is 1.30. The Balaban J connectivity index is 1.78. The number of ketones is 1. The normalized spacial score (nSPS) is 11.2. The first-order chi connectivity index (χ1) is 13.4. The van der Waals surface area contributed by atoms with E-state index in [4.69, 9.17) is 4.74 Å². The number of ether oxygens (including phenoxy) is 2. The second kappa shape index (κ2) is 10.0. The van der Waals surface area contributed by atoms with Crippen LogP contribution in [-0.4, -0.2) is 36.8 Å². The van der Waals surface area contributed by atoms with Gasteiger partial charge in [0, 0.05) is 17.7 Å². The molecule has 2 aromatic rings. The standard InChI is InChI=1S/C21H21NO6/c1-14(20(25)15-6-4-3-5-7-15)28-19(24)13-12-18(23)22-17-10-8-16(9-11-17)21(26)27-2/h3-11,14H,12-13H2,1-2H3,(H,22,23). The number of hydrogen-bond acceptors (Lipinski definition) is 6. The van der Waals surface area contributed by atoms with Gasteiger partial charge in [0.1, 0.15) is 0 Å². The summed E-state index contributed by atoms with van der Waals surface area (Å²) in [7, 11) is 1.28. The molecule has 7 heteroatoms. The summed E-state index contributed by atoms with van der Waals surface area (Å²) < 4.78 is 9.70. The molecule has 0 aliphatic heterocycles. The van der Waals surface area contributed by atoms with Crippen LogP contribution in [0.15, 0.2) is 54.6 Å². The van der Waals surface area contributed by atoms with E-state index >= 15 is 0 Å². The fraction of sp³-hybridized carbons (Fsp3) is 0.238. The minimum atomic E-state index is -0.927. The Labute approximate surface area is 162 Å². The molecule has 1 amide bonds. The summed E-state index contributed by atoms with van der Waals surface area (Å²) in [5, 5.41) is 2.62. The Bertz CT molecular complexity index is 845. The molecule has 0 spiro atoms. The van der Waals surface area contributed by atoms with Gasteiger partial charge in [-0.25, -0.2) is 4.79 Å². The molecule has 1 N–H and O–H groups in total. The van der Waals surface area contributed by atoms with Crippen LogP contribution in [0.5, 0.6) is 0 Å². The van der Waals surface area contributed by atoms with Gasteiger partial charge in [-0.15, -0.1) is 0 Å². The smallest absolute Gasteiger partial charge is 0.337 e. The van der Waals surface area contributed by atoms with Gasteiger partial charge in [-0.05, 0) is 31.2 Å². The highest BCUT2D eigenvalue weighted by Crippen LogP contribution is 2.12. The largest absolute Gasteiger partial charge is 0.465 e. The lowest BCUT2D eigenvalue weighted by Crippen LogP contribution is -2.25. The number of anilines is 1. The van der Waals surface area contributed by atoms with Crippen LogP contribution in [0.1, 0.15) is 40.5 Å². The number of esters is 2. The molecule has 0 saturated carbocycles. The SMILES string of the molecule is COC(=O)c1ccc(NC(=O)CCC(=O)OC(C)C(=O)c2ccccc2)cc1. The van der Waals surface area contributed by atoms with E-state index in [1.807, 2.05) is 0 Å². The van der Waals surface area contributed by atoms with Crippen LogP contribution < -0.4 is 5.32 Å². The summed E-state index contributed by atoms with van der Waals surface area (Å²) in [6, 6.07) is 14.7. The summed E-state index contributed by atoms with van der Waals surface area (Å²) in [6.07, 6.45) is -1.17. The maximum absolute atomic E-state index is 12.2. The zero-order valence-corrected chi connectivity index (χ0v) is 15.6. The minimum absolute atomic E-state index is 0.0934. The molecule has 1 atom stereocenters. The number of amides is 1. The summed E-state index contributed by atoms with van der Waals surface area (Å²) in [4.78, 5) is 47.4. The van der Waals surface area contributed by atoms with Gasteiger partial charge in [-0.2, -0.15) is 0 Å². The number of nitrogens with one attached hydrogen (secondary N) is 1. The van der Waals surface area contributed by atoms with Crippen LogP contribution in [0.2, 0.25) is 0 Å². The summed E-state index contributed by atoms with van der Waals surface area (Å²) in [5.74, 6) is -1.79. The van der Waals surface area contributed by atoms with Crippen LogP contribution in [0.3, 0.4) is 0 Å². The highest BCUT2D eigenvalue weighted by molar-refractivity contribution is 6.00. The van der Waals surface area contributed by atoms with Crippen molar-refractivity contribution in [1.29, 1.82) is 0 Å². The van der Waals surface area contributed by atoms with Crippen LogP contribution in [0.4, 0.5) is 5.69 Å². The van der Waals surface area contributed by atoms with Gasteiger partial charge in [0.2, 0.25) is 11.7 Å². The van der Waals surface area contributed by atoms with Crippen molar-refractivity contribution >= 4 is 29.3 Å². The lowest BCUT2D eigenvalue weighted by Gasteiger charge is -2.12. The van der Waals surface area contributed by atoms with Crippen LogP contribution in [0, 0.1) is 0 Å². The number of carbonyl (C=O) groups is 4. The molecule has 2 rings (SSSR count). The summed E-state index contributed by atoms with van der Waals surface area (Å²) >= 11 is 0. The molecular weight excluding hydrogens is 362 g/mol. The molecule has 28 heavy (non-hydrogen) atoms. The third kappa shape index (κ3) is 6.05. The Kier molecular flexibility index (Phi) is 7.45. The molecular formula is C21H21NO6. The van der Waals surface area contributed by atoms with Crippen LogP contribution in [-0.2, 0) is 19.1 Å². The van der Waals surface area contributed by atoms with E-state index < -0.39 is 18.0 Å². The quantitative estimate of drug-likeness (QED) is 0.556. The molecule has 0 fully saturated rings. The van der Waals surface area contributed by atoms with Crippen molar-refractivity contribution in [3.63, 3.8) is 0 Å². The maximum Gasteiger partial charge on any atom is 0.337 e. The van der Waals surface area contributed by atoms with Gasteiger partial charge < -0.3 is 14.8 Å². The van der Waals surface area contributed by atoms with Crippen molar-refractivity contribution in [1.82, 2.24) is 0 Å². The van der Waals surface area contributed by atoms with E-state index in [0.29, 0.717) is 16.8 Å². The van der Waals surface area contributed by atoms with Gasteiger partial charge in [-0.3, -0.25) is 14.4 Å². The number of hydrogen-bond donors (Lipinski definition) is 1.